The number of rotatable bonds is 17. The quantitative estimate of drug-likeness (QED) is 0.0639. The molecule has 2 atom stereocenters. The van der Waals surface area contributed by atoms with Crippen LogP contribution in [0.1, 0.15) is 57.8 Å². The summed E-state index contributed by atoms with van der Waals surface area (Å²) in [7, 11) is 0. The molecule has 13 N–H and O–H groups in total. The first-order valence-electron chi connectivity index (χ1n) is 11.1. The predicted molar refractivity (Wildman–Crippen MR) is 130 cm³/mol. The van der Waals surface area contributed by atoms with Gasteiger partial charge in [0, 0.05) is 25.7 Å². The van der Waals surface area contributed by atoms with E-state index in [9.17, 15) is 43.2 Å². The van der Waals surface area contributed by atoms with Crippen molar-refractivity contribution < 1.29 is 78.9 Å². The molecule has 19 heteroatoms. The van der Waals surface area contributed by atoms with E-state index in [1.54, 1.807) is 0 Å². The molecular weight excluding hydrogens is 550 g/mol. The lowest BCUT2D eigenvalue weighted by atomic mass is 10.2. The van der Waals surface area contributed by atoms with E-state index in [-0.39, 0.29) is 32.1 Å². The third-order valence-corrected chi connectivity index (χ3v) is 3.87. The van der Waals surface area contributed by atoms with Crippen LogP contribution in [0, 0.1) is 0 Å². The van der Waals surface area contributed by atoms with Crippen LogP contribution in [0.3, 0.4) is 0 Å². The van der Waals surface area contributed by atoms with Gasteiger partial charge in [-0.3, -0.25) is 33.6 Å². The highest BCUT2D eigenvalue weighted by Crippen LogP contribution is 1.95. The Morgan fingerprint density at radius 2 is 0.800 bits per heavy atom. The number of ketones is 2. The molecule has 0 rings (SSSR count). The summed E-state index contributed by atoms with van der Waals surface area (Å²) < 4.78 is 0. The first-order chi connectivity index (χ1) is 18.3. The zero-order chi connectivity index (χ0) is 32.4. The van der Waals surface area contributed by atoms with Crippen LogP contribution < -0.4 is 17.2 Å². The van der Waals surface area contributed by atoms with E-state index in [0.717, 1.165) is 0 Å². The van der Waals surface area contributed by atoms with Crippen molar-refractivity contribution in [2.45, 2.75) is 69.9 Å². The molecule has 0 aromatic heterocycles. The van der Waals surface area contributed by atoms with Crippen LogP contribution in [0.5, 0.6) is 0 Å². The van der Waals surface area contributed by atoms with Gasteiger partial charge in [0.05, 0.1) is 6.42 Å². The van der Waals surface area contributed by atoms with Gasteiger partial charge >= 0.3 is 41.8 Å². The molecule has 0 fully saturated rings. The van der Waals surface area contributed by atoms with Crippen LogP contribution in [0.2, 0.25) is 0 Å². The zero-order valence-electron chi connectivity index (χ0n) is 21.3. The minimum atomic E-state index is -1.58. The van der Waals surface area contributed by atoms with Crippen molar-refractivity contribution in [3.05, 3.63) is 0 Å². The molecule has 0 aliphatic heterocycles. The van der Waals surface area contributed by atoms with Gasteiger partial charge in [0.25, 0.3) is 0 Å². The monoisotopic (exact) mass is 585 g/mol. The fraction of sp³-hybridized carbons (Fsp3) is 0.571. The molecular formula is C21H35N3O16. The third-order valence-electron chi connectivity index (χ3n) is 3.87. The maximum atomic E-state index is 10.4. The SMILES string of the molecule is NCCCCC(=O)C(=O)O.N[C@@H](CCC(=O)O)C(=O)O.N[C@H](CCC(=O)O)C(=O)O.O=C(O)CCC(=O)C(=O)O. The predicted octanol–water partition coefficient (Wildman–Crippen LogP) is -2.20. The number of hydrogen-bond acceptors (Lipinski definition) is 12. The highest BCUT2D eigenvalue weighted by molar-refractivity contribution is 6.33. The Morgan fingerprint density at radius 1 is 0.475 bits per heavy atom. The van der Waals surface area contributed by atoms with Crippen LogP contribution in [-0.4, -0.2) is 108 Å². The van der Waals surface area contributed by atoms with Crippen molar-refractivity contribution in [3.8, 4) is 0 Å². The lowest BCUT2D eigenvalue weighted by Gasteiger charge is -2.01. The van der Waals surface area contributed by atoms with Gasteiger partial charge in [-0.1, -0.05) is 0 Å². The molecule has 0 spiro atoms. The van der Waals surface area contributed by atoms with Crippen LogP contribution in [0.15, 0.2) is 0 Å². The molecule has 0 aromatic rings. The number of carboxylic acid groups (broad SMARTS) is 7. The average molecular weight is 586 g/mol. The summed E-state index contributed by atoms with van der Waals surface area (Å²) in [6.45, 7) is 0.507. The normalized spacial score (nSPS) is 10.8. The van der Waals surface area contributed by atoms with Gasteiger partial charge in [-0.25, -0.2) is 9.59 Å². The molecule has 0 bridgehead atoms. The largest absolute Gasteiger partial charge is 0.481 e. The van der Waals surface area contributed by atoms with E-state index in [4.69, 9.17) is 52.9 Å². The first-order valence-corrected chi connectivity index (χ1v) is 11.1. The van der Waals surface area contributed by atoms with Gasteiger partial charge in [-0.15, -0.1) is 0 Å². The molecule has 0 unspecified atom stereocenters. The summed E-state index contributed by atoms with van der Waals surface area (Å²) in [4.78, 5) is 89.8. The van der Waals surface area contributed by atoms with Gasteiger partial charge in [0.15, 0.2) is 0 Å². The summed E-state index contributed by atoms with van der Waals surface area (Å²) in [6.07, 6.45) is 0.0687. The van der Waals surface area contributed by atoms with Crippen molar-refractivity contribution in [2.24, 2.45) is 17.2 Å². The minimum Gasteiger partial charge on any atom is -0.481 e. The fourth-order valence-corrected chi connectivity index (χ4v) is 1.67. The highest BCUT2D eigenvalue weighted by Gasteiger charge is 2.13. The topological polar surface area (TPSA) is 373 Å². The number of carbonyl (C=O) groups excluding carboxylic acids is 2. The van der Waals surface area contributed by atoms with Gasteiger partial charge in [-0.2, -0.15) is 0 Å². The smallest absolute Gasteiger partial charge is 0.372 e. The second kappa shape index (κ2) is 26.1. The fourth-order valence-electron chi connectivity index (χ4n) is 1.67. The summed E-state index contributed by atoms with van der Waals surface area (Å²) in [6, 6.07) is -2.12. The molecule has 0 heterocycles. The Balaban J connectivity index is -0.000000216. The van der Waals surface area contributed by atoms with E-state index in [1.807, 2.05) is 0 Å². The summed E-state index contributed by atoms with van der Waals surface area (Å²) >= 11 is 0. The van der Waals surface area contributed by atoms with E-state index in [1.165, 1.54) is 0 Å². The second-order valence-corrected chi connectivity index (χ2v) is 7.35. The van der Waals surface area contributed by atoms with E-state index in [2.05, 4.69) is 0 Å². The Hall–Kier alpha value is -4.49. The number of unbranched alkanes of at least 4 members (excludes halogenated alkanes) is 1. The molecule has 40 heavy (non-hydrogen) atoms. The molecule has 19 nitrogen and oxygen atoms in total. The van der Waals surface area contributed by atoms with Crippen molar-refractivity contribution in [1.29, 1.82) is 0 Å². The number of carbonyl (C=O) groups is 9. The number of hydrogen-bond donors (Lipinski definition) is 10. The molecule has 0 saturated heterocycles. The molecule has 0 radical (unpaired) electrons. The highest BCUT2D eigenvalue weighted by atomic mass is 16.4. The molecule has 230 valence electrons. The average Bonchev–Trinajstić information content (AvgIpc) is 2.85. The minimum absolute atomic E-state index is 0.0231. The molecule has 0 aliphatic carbocycles. The van der Waals surface area contributed by atoms with Crippen molar-refractivity contribution in [3.63, 3.8) is 0 Å². The molecule has 0 aromatic carbocycles. The lowest BCUT2D eigenvalue weighted by molar-refractivity contribution is -0.150. The Labute approximate surface area is 226 Å². The van der Waals surface area contributed by atoms with Crippen molar-refractivity contribution in [1.82, 2.24) is 0 Å². The summed E-state index contributed by atoms with van der Waals surface area (Å²) in [5.74, 6) is -10.3. The Morgan fingerprint density at radius 3 is 1.05 bits per heavy atom. The second-order valence-electron chi connectivity index (χ2n) is 7.35. The van der Waals surface area contributed by atoms with Crippen LogP contribution in [-0.2, 0) is 43.2 Å². The summed E-state index contributed by atoms with van der Waals surface area (Å²) in [5, 5.41) is 56.6. The van der Waals surface area contributed by atoms with Crippen LogP contribution in [0.25, 0.3) is 0 Å². The molecule has 0 amide bonds. The molecule has 0 saturated carbocycles. The number of carboxylic acids is 7. The van der Waals surface area contributed by atoms with Crippen molar-refractivity contribution in [2.75, 3.05) is 6.54 Å². The standard InChI is InChI=1S/C6H11NO3.2C5H9NO4.C5H6O5/c7-4-2-1-3-5(8)6(9)10;3*6-3(5(9)10)1-2-4(7)8/h1-4,7H2,(H,9,10);2*3H,1-2,6H2,(H,7,8)(H,9,10);1-2H2,(H,7,8)(H,9,10)/t;2*3-;/m.10./s1. The third kappa shape index (κ3) is 35.7. The number of aliphatic carboxylic acids is 7. The number of Topliss-reactive ketones (excluding diaryl/α,β-unsaturated/α-hetero) is 2. The first kappa shape index (κ1) is 42.6. The lowest BCUT2D eigenvalue weighted by Crippen LogP contribution is -2.30. The van der Waals surface area contributed by atoms with Crippen LogP contribution >= 0.6 is 0 Å². The van der Waals surface area contributed by atoms with Gasteiger partial charge in [0.2, 0.25) is 11.6 Å². The summed E-state index contributed by atoms with van der Waals surface area (Å²) in [5.41, 5.74) is 15.1. The van der Waals surface area contributed by atoms with Gasteiger partial charge in [-0.05, 0) is 32.2 Å². The maximum Gasteiger partial charge on any atom is 0.372 e. The Bertz CT molecular complexity index is 840. The van der Waals surface area contributed by atoms with Crippen molar-refractivity contribution >= 4 is 53.4 Å². The zero-order valence-corrected chi connectivity index (χ0v) is 21.3. The van der Waals surface area contributed by atoms with Gasteiger partial charge < -0.3 is 52.9 Å². The number of nitrogens with two attached hydrogens (primary N) is 3. The van der Waals surface area contributed by atoms with E-state index in [0.29, 0.717) is 19.4 Å². The molecule has 0 aliphatic rings. The van der Waals surface area contributed by atoms with Gasteiger partial charge in [0.1, 0.15) is 12.1 Å². The Kier molecular flexibility index (Phi) is 27.8. The van der Waals surface area contributed by atoms with Crippen LogP contribution in [0.4, 0.5) is 0 Å². The van der Waals surface area contributed by atoms with E-state index < -0.39 is 78.3 Å². The maximum absolute atomic E-state index is 10.4. The van der Waals surface area contributed by atoms with E-state index >= 15 is 0 Å².